The van der Waals surface area contributed by atoms with Gasteiger partial charge in [-0.25, -0.2) is 14.2 Å². The van der Waals surface area contributed by atoms with Crippen LogP contribution in [0.1, 0.15) is 105 Å². The maximum Gasteiger partial charge on any atom is 0.329 e. The molecule has 2 saturated heterocycles. The second kappa shape index (κ2) is 15.2. The summed E-state index contributed by atoms with van der Waals surface area (Å²) < 4.78 is 25.4. The van der Waals surface area contributed by atoms with Crippen LogP contribution < -0.4 is 15.7 Å². The fourth-order valence-electron chi connectivity index (χ4n) is 9.08. The number of likely N-dealkylation sites (tertiary alicyclic amines) is 2. The van der Waals surface area contributed by atoms with Gasteiger partial charge in [-0.05, 0) is 120 Å². The number of amides is 3. The van der Waals surface area contributed by atoms with Crippen LogP contribution >= 0.6 is 0 Å². The first-order valence-electron chi connectivity index (χ1n) is 20.1. The SMILES string of the molecule is COc1cc2nn(C3CCC(CN4CCC(c5ccc6c(c5)n(C)c(=O)n6C5CCC(=O)N(C)C5=O)CC4)CC3)cc2cc1NC(=O)c1cccc(C(C)(C)F)n1. The van der Waals surface area contributed by atoms with Crippen LogP contribution in [0.2, 0.25) is 0 Å². The number of piperidine rings is 2. The maximum atomic E-state index is 14.5. The van der Waals surface area contributed by atoms with Gasteiger partial charge in [0.2, 0.25) is 5.91 Å². The van der Waals surface area contributed by atoms with Crippen LogP contribution in [0.3, 0.4) is 0 Å². The van der Waals surface area contributed by atoms with Crippen molar-refractivity contribution in [1.29, 1.82) is 0 Å². The zero-order valence-corrected chi connectivity index (χ0v) is 33.3. The number of hydrogen-bond donors (Lipinski definition) is 1. The lowest BCUT2D eigenvalue weighted by Crippen LogP contribution is -2.45. The summed E-state index contributed by atoms with van der Waals surface area (Å²) in [6, 6.07) is 14.3. The zero-order chi connectivity index (χ0) is 40.2. The summed E-state index contributed by atoms with van der Waals surface area (Å²) in [6.07, 6.45) is 9.06. The number of imidazole rings is 1. The van der Waals surface area contributed by atoms with E-state index in [-0.39, 0.29) is 35.3 Å². The highest BCUT2D eigenvalue weighted by Gasteiger charge is 2.36. The van der Waals surface area contributed by atoms with Crippen molar-refractivity contribution in [2.24, 2.45) is 13.0 Å². The molecule has 13 nitrogen and oxygen atoms in total. The number of ether oxygens (including phenoxy) is 1. The molecule has 1 unspecified atom stereocenters. The quantitative estimate of drug-likeness (QED) is 0.168. The van der Waals surface area contributed by atoms with Gasteiger partial charge in [-0.2, -0.15) is 5.10 Å². The molecule has 0 radical (unpaired) electrons. The number of halogens is 1. The fourth-order valence-corrected chi connectivity index (χ4v) is 9.08. The van der Waals surface area contributed by atoms with Crippen molar-refractivity contribution >= 4 is 45.3 Å². The van der Waals surface area contributed by atoms with E-state index < -0.39 is 17.6 Å². The highest BCUT2D eigenvalue weighted by Crippen LogP contribution is 2.37. The molecule has 5 heterocycles. The average molecular weight is 779 g/mol. The molecule has 1 N–H and O–H groups in total. The minimum Gasteiger partial charge on any atom is -0.494 e. The number of aryl methyl sites for hydroxylation is 1. The van der Waals surface area contributed by atoms with Gasteiger partial charge in [0.15, 0.2) is 0 Å². The summed E-state index contributed by atoms with van der Waals surface area (Å²) in [5.74, 6) is 0.529. The number of fused-ring (bicyclic) bond motifs is 2. The number of alkyl halides is 1. The van der Waals surface area contributed by atoms with E-state index in [4.69, 9.17) is 9.84 Å². The molecule has 1 aliphatic carbocycles. The lowest BCUT2D eigenvalue weighted by atomic mass is 9.84. The van der Waals surface area contributed by atoms with Crippen molar-refractivity contribution in [2.75, 3.05) is 39.1 Å². The number of hydrogen-bond acceptors (Lipinski definition) is 8. The van der Waals surface area contributed by atoms with Gasteiger partial charge in [-0.3, -0.25) is 33.1 Å². The first-order chi connectivity index (χ1) is 27.3. The van der Waals surface area contributed by atoms with Crippen molar-refractivity contribution in [3.05, 3.63) is 82.2 Å². The van der Waals surface area contributed by atoms with Crippen LogP contribution in [-0.4, -0.2) is 85.2 Å². The molecule has 300 valence electrons. The molecule has 3 amide bonds. The number of imide groups is 1. The molecule has 0 spiro atoms. The fraction of sp³-hybridized carbons (Fsp3) is 0.488. The summed E-state index contributed by atoms with van der Waals surface area (Å²) in [5.41, 5.74) is 2.48. The number of aromatic nitrogens is 5. The first kappa shape index (κ1) is 38.5. The summed E-state index contributed by atoms with van der Waals surface area (Å²) in [4.78, 5) is 59.5. The van der Waals surface area contributed by atoms with E-state index in [2.05, 4.69) is 32.0 Å². The zero-order valence-electron chi connectivity index (χ0n) is 33.3. The third kappa shape index (κ3) is 7.47. The van der Waals surface area contributed by atoms with E-state index in [1.165, 1.54) is 26.5 Å². The average Bonchev–Trinajstić information content (AvgIpc) is 3.73. The van der Waals surface area contributed by atoms with Gasteiger partial charge in [0, 0.05) is 44.7 Å². The van der Waals surface area contributed by atoms with Crippen molar-refractivity contribution in [3.63, 3.8) is 0 Å². The monoisotopic (exact) mass is 778 g/mol. The van der Waals surface area contributed by atoms with Crippen LogP contribution in [-0.2, 0) is 22.3 Å². The van der Waals surface area contributed by atoms with E-state index in [0.717, 1.165) is 85.0 Å². The molecule has 5 aromatic rings. The molecule has 2 aromatic carbocycles. The van der Waals surface area contributed by atoms with E-state index in [0.29, 0.717) is 35.7 Å². The first-order valence-corrected chi connectivity index (χ1v) is 20.1. The van der Waals surface area contributed by atoms with Gasteiger partial charge >= 0.3 is 5.69 Å². The second-order valence-corrected chi connectivity index (χ2v) is 16.6. The van der Waals surface area contributed by atoms with Gasteiger partial charge in [-0.1, -0.05) is 12.1 Å². The molecule has 1 atom stereocenters. The standard InChI is InChI=1S/C43H51FN8O5/c1-43(2,44)38-8-6-7-31(45-38)40(54)46-33-21-29-25-51(47-32(29)23-37(33)57-5)30-12-9-26(10-13-30)24-50-19-17-27(18-20-50)28-11-14-34-36(22-28)48(3)42(56)52(34)35-15-16-39(53)49(4)41(35)55/h6-8,11,14,21-23,25-27,30,35H,9-10,12-13,15-20,24H2,1-5H3,(H,46,54). The summed E-state index contributed by atoms with van der Waals surface area (Å²) >= 11 is 0. The third-order valence-corrected chi connectivity index (χ3v) is 12.5. The highest BCUT2D eigenvalue weighted by molar-refractivity contribution is 6.05. The Hall–Kier alpha value is -5.37. The number of nitrogens with one attached hydrogen (secondary N) is 1. The molecular weight excluding hydrogens is 728 g/mol. The smallest absolute Gasteiger partial charge is 0.329 e. The third-order valence-electron chi connectivity index (χ3n) is 12.5. The van der Waals surface area contributed by atoms with Crippen molar-refractivity contribution in [3.8, 4) is 5.75 Å². The Kier molecular flexibility index (Phi) is 10.3. The Morgan fingerprint density at radius 1 is 0.947 bits per heavy atom. The van der Waals surface area contributed by atoms with Gasteiger partial charge in [0.05, 0.1) is 41.1 Å². The number of nitrogens with zero attached hydrogens (tertiary/aromatic N) is 7. The van der Waals surface area contributed by atoms with E-state index in [1.807, 2.05) is 24.4 Å². The van der Waals surface area contributed by atoms with Crippen LogP contribution in [0.25, 0.3) is 21.9 Å². The number of carbonyl (C=O) groups excluding carboxylic acids is 3. The van der Waals surface area contributed by atoms with E-state index in [9.17, 15) is 23.6 Å². The molecule has 0 bridgehead atoms. The Morgan fingerprint density at radius 3 is 2.42 bits per heavy atom. The number of methoxy groups -OCH3 is 1. The molecule has 14 heteroatoms. The molecule has 1 saturated carbocycles. The molecule has 3 aliphatic rings. The van der Waals surface area contributed by atoms with Gasteiger partial charge in [-0.15, -0.1) is 0 Å². The van der Waals surface area contributed by atoms with Crippen molar-refractivity contribution in [1.82, 2.24) is 33.7 Å². The van der Waals surface area contributed by atoms with Crippen LogP contribution in [0.5, 0.6) is 5.75 Å². The van der Waals surface area contributed by atoms with Gasteiger partial charge < -0.3 is 15.0 Å². The molecule has 2 aliphatic heterocycles. The maximum absolute atomic E-state index is 14.5. The Balaban J connectivity index is 0.860. The molecule has 57 heavy (non-hydrogen) atoms. The number of carbonyl (C=O) groups is 3. The van der Waals surface area contributed by atoms with Crippen LogP contribution in [0.4, 0.5) is 10.1 Å². The topological polar surface area (TPSA) is 137 Å². The summed E-state index contributed by atoms with van der Waals surface area (Å²) in [5, 5.41) is 8.71. The summed E-state index contributed by atoms with van der Waals surface area (Å²) in [7, 11) is 4.80. The second-order valence-electron chi connectivity index (χ2n) is 16.6. The number of benzene rings is 2. The molecule has 3 aromatic heterocycles. The lowest BCUT2D eigenvalue weighted by molar-refractivity contribution is -0.149. The number of rotatable bonds is 9. The highest BCUT2D eigenvalue weighted by atomic mass is 19.1. The predicted molar refractivity (Wildman–Crippen MR) is 215 cm³/mol. The lowest BCUT2D eigenvalue weighted by Gasteiger charge is -2.36. The number of pyridine rings is 1. The number of anilines is 1. The van der Waals surface area contributed by atoms with Gasteiger partial charge in [0.25, 0.3) is 11.8 Å². The van der Waals surface area contributed by atoms with E-state index in [1.54, 1.807) is 41.5 Å². The largest absolute Gasteiger partial charge is 0.494 e. The van der Waals surface area contributed by atoms with Crippen LogP contribution in [0, 0.1) is 5.92 Å². The molecule has 3 fully saturated rings. The van der Waals surface area contributed by atoms with Crippen molar-refractivity contribution < 1.29 is 23.5 Å². The Bertz CT molecular complexity index is 2410. The molecular formula is C43H51FN8O5. The van der Waals surface area contributed by atoms with E-state index >= 15 is 0 Å². The van der Waals surface area contributed by atoms with Crippen molar-refractivity contribution in [2.45, 2.75) is 88.9 Å². The Labute approximate surface area is 330 Å². The molecule has 8 rings (SSSR count). The van der Waals surface area contributed by atoms with Gasteiger partial charge in [0.1, 0.15) is 23.2 Å². The predicted octanol–water partition coefficient (Wildman–Crippen LogP) is 6.48. The minimum absolute atomic E-state index is 0.125. The number of likely N-dealkylation sites (N-methyl/N-ethyl adjacent to an activating group) is 1. The minimum atomic E-state index is -1.67. The van der Waals surface area contributed by atoms with Crippen LogP contribution in [0.15, 0.2) is 59.5 Å². The normalized spacial score (nSPS) is 21.4. The summed E-state index contributed by atoms with van der Waals surface area (Å²) in [6.45, 7) is 5.97. The Morgan fingerprint density at radius 2 is 1.70 bits per heavy atom.